The molecule has 0 aliphatic carbocycles. The first kappa shape index (κ1) is 18.9. The van der Waals surface area contributed by atoms with Crippen molar-refractivity contribution >= 4 is 22.5 Å². The molecule has 2 aromatic carbocycles. The van der Waals surface area contributed by atoms with Gasteiger partial charge in [-0.15, -0.1) is 0 Å². The Bertz CT molecular complexity index is 1100. The molecule has 1 fully saturated rings. The fourth-order valence-corrected chi connectivity index (χ4v) is 3.66. The molecular weight excluding hydrogens is 370 g/mol. The van der Waals surface area contributed by atoms with E-state index in [1.165, 1.54) is 6.07 Å². The molecule has 0 spiro atoms. The number of aromatic amines is 1. The predicted molar refractivity (Wildman–Crippen MR) is 112 cm³/mol. The van der Waals surface area contributed by atoms with Gasteiger partial charge >= 0.3 is 0 Å². The molecule has 7 nitrogen and oxygen atoms in total. The maximum atomic E-state index is 12.9. The van der Waals surface area contributed by atoms with E-state index in [2.05, 4.69) is 16.0 Å². The van der Waals surface area contributed by atoms with E-state index in [-0.39, 0.29) is 11.5 Å². The number of hydrogen-bond donors (Lipinski definition) is 1. The molecule has 7 heteroatoms. The molecule has 1 aliphatic rings. The molecule has 1 aromatic heterocycles. The van der Waals surface area contributed by atoms with Gasteiger partial charge in [0, 0.05) is 54.4 Å². The zero-order valence-electron chi connectivity index (χ0n) is 16.5. The average Bonchev–Trinajstić information content (AvgIpc) is 2.77. The van der Waals surface area contributed by atoms with Crippen LogP contribution in [0.3, 0.4) is 0 Å². The number of anilines is 1. The molecule has 1 aliphatic heterocycles. The Hall–Kier alpha value is -3.48. The van der Waals surface area contributed by atoms with E-state index in [1.807, 2.05) is 23.1 Å². The van der Waals surface area contributed by atoms with Crippen LogP contribution in [0.1, 0.15) is 10.4 Å². The number of rotatable bonds is 4. The number of nitrogens with zero attached hydrogens (tertiary/aromatic N) is 2. The fourth-order valence-electron chi connectivity index (χ4n) is 3.66. The topological polar surface area (TPSA) is 74.9 Å². The number of hydrogen-bond acceptors (Lipinski definition) is 5. The number of H-pyrrole nitrogens is 1. The highest BCUT2D eigenvalue weighted by Gasteiger charge is 2.23. The van der Waals surface area contributed by atoms with Crippen molar-refractivity contribution < 1.29 is 14.3 Å². The van der Waals surface area contributed by atoms with Gasteiger partial charge in [0.1, 0.15) is 0 Å². The molecule has 1 amide bonds. The van der Waals surface area contributed by atoms with Crippen LogP contribution in [0.15, 0.2) is 53.3 Å². The third-order valence-corrected chi connectivity index (χ3v) is 5.27. The Morgan fingerprint density at radius 1 is 0.897 bits per heavy atom. The van der Waals surface area contributed by atoms with Gasteiger partial charge in [0.25, 0.3) is 5.91 Å². The van der Waals surface area contributed by atoms with Gasteiger partial charge in [0.05, 0.1) is 14.2 Å². The van der Waals surface area contributed by atoms with Crippen molar-refractivity contribution in [2.45, 2.75) is 0 Å². The number of piperazine rings is 1. The van der Waals surface area contributed by atoms with E-state index in [0.717, 1.165) is 29.7 Å². The number of ether oxygens (including phenoxy) is 2. The van der Waals surface area contributed by atoms with E-state index < -0.39 is 0 Å². The van der Waals surface area contributed by atoms with Crippen LogP contribution in [0.25, 0.3) is 10.9 Å². The molecule has 2 heterocycles. The minimum Gasteiger partial charge on any atom is -0.493 e. The molecule has 4 rings (SSSR count). The lowest BCUT2D eigenvalue weighted by molar-refractivity contribution is 0.0746. The lowest BCUT2D eigenvalue weighted by Gasteiger charge is -2.36. The standard InChI is InChI=1S/C22H23N3O4/c1-28-19-7-3-16(14-20(19)29-2)22(27)25-11-9-24(10-12-25)17-5-6-18-15(13-17)4-8-21(26)23-18/h3-8,13-14H,9-12H2,1-2H3,(H,23,26). The lowest BCUT2D eigenvalue weighted by Crippen LogP contribution is -2.48. The second kappa shape index (κ2) is 7.87. The highest BCUT2D eigenvalue weighted by atomic mass is 16.5. The van der Waals surface area contributed by atoms with Crippen LogP contribution in [0, 0.1) is 0 Å². The molecule has 0 saturated carbocycles. The number of aromatic nitrogens is 1. The largest absolute Gasteiger partial charge is 0.493 e. The minimum absolute atomic E-state index is 0.0123. The monoisotopic (exact) mass is 393 g/mol. The Morgan fingerprint density at radius 3 is 2.38 bits per heavy atom. The first-order valence-electron chi connectivity index (χ1n) is 9.48. The molecule has 0 bridgehead atoms. The van der Waals surface area contributed by atoms with Crippen molar-refractivity contribution in [3.05, 3.63) is 64.4 Å². The number of nitrogens with one attached hydrogen (secondary N) is 1. The van der Waals surface area contributed by atoms with Gasteiger partial charge in [-0.3, -0.25) is 9.59 Å². The first-order chi connectivity index (χ1) is 14.1. The summed E-state index contributed by atoms with van der Waals surface area (Å²) < 4.78 is 10.5. The van der Waals surface area contributed by atoms with Gasteiger partial charge in [-0.05, 0) is 42.5 Å². The Morgan fingerprint density at radius 2 is 1.66 bits per heavy atom. The fraction of sp³-hybridized carbons (Fsp3) is 0.273. The molecule has 150 valence electrons. The molecule has 29 heavy (non-hydrogen) atoms. The number of benzene rings is 2. The summed E-state index contributed by atoms with van der Waals surface area (Å²) in [5, 5.41) is 0.992. The van der Waals surface area contributed by atoms with E-state index >= 15 is 0 Å². The number of methoxy groups -OCH3 is 2. The summed E-state index contributed by atoms with van der Waals surface area (Å²) in [5.41, 5.74) is 2.39. The van der Waals surface area contributed by atoms with E-state index in [0.29, 0.717) is 30.2 Å². The summed E-state index contributed by atoms with van der Waals surface area (Å²) in [6.45, 7) is 2.76. The van der Waals surface area contributed by atoms with Crippen molar-refractivity contribution in [2.75, 3.05) is 45.3 Å². The number of fused-ring (bicyclic) bond motifs is 1. The van der Waals surface area contributed by atoms with Crippen LogP contribution in [0.4, 0.5) is 5.69 Å². The summed E-state index contributed by atoms with van der Waals surface area (Å²) in [5.74, 6) is 1.14. The highest BCUT2D eigenvalue weighted by Crippen LogP contribution is 2.28. The van der Waals surface area contributed by atoms with Crippen LogP contribution >= 0.6 is 0 Å². The minimum atomic E-state index is -0.104. The van der Waals surface area contributed by atoms with Crippen molar-refractivity contribution in [3.63, 3.8) is 0 Å². The highest BCUT2D eigenvalue weighted by molar-refractivity contribution is 5.95. The SMILES string of the molecule is COc1ccc(C(=O)N2CCN(c3ccc4[nH]c(=O)ccc4c3)CC2)cc1OC. The lowest BCUT2D eigenvalue weighted by atomic mass is 10.1. The van der Waals surface area contributed by atoms with Crippen molar-refractivity contribution in [1.82, 2.24) is 9.88 Å². The second-order valence-corrected chi connectivity index (χ2v) is 6.94. The third-order valence-electron chi connectivity index (χ3n) is 5.27. The van der Waals surface area contributed by atoms with Crippen LogP contribution in [-0.2, 0) is 0 Å². The maximum Gasteiger partial charge on any atom is 0.254 e. The number of carbonyl (C=O) groups excluding carboxylic acids is 1. The summed E-state index contributed by atoms with van der Waals surface area (Å²) in [6.07, 6.45) is 0. The van der Waals surface area contributed by atoms with E-state index in [9.17, 15) is 9.59 Å². The third kappa shape index (κ3) is 3.76. The van der Waals surface area contributed by atoms with Crippen LogP contribution in [0.5, 0.6) is 11.5 Å². The molecule has 1 saturated heterocycles. The summed E-state index contributed by atoms with van der Waals surface area (Å²) in [4.78, 5) is 31.3. The number of amides is 1. The molecule has 3 aromatic rings. The van der Waals surface area contributed by atoms with Gasteiger partial charge < -0.3 is 24.3 Å². The summed E-state index contributed by atoms with van der Waals surface area (Å²) in [6, 6.07) is 14.6. The molecule has 0 radical (unpaired) electrons. The van der Waals surface area contributed by atoms with Gasteiger partial charge in [-0.2, -0.15) is 0 Å². The summed E-state index contributed by atoms with van der Waals surface area (Å²) in [7, 11) is 3.13. The normalized spacial score (nSPS) is 14.1. The van der Waals surface area contributed by atoms with Gasteiger partial charge in [0.2, 0.25) is 5.56 Å². The van der Waals surface area contributed by atoms with Crippen LogP contribution < -0.4 is 19.9 Å². The number of pyridine rings is 1. The number of carbonyl (C=O) groups is 1. The predicted octanol–water partition coefficient (Wildman–Crippen LogP) is 2.51. The van der Waals surface area contributed by atoms with Gasteiger partial charge in [0.15, 0.2) is 11.5 Å². The molecular formula is C22H23N3O4. The van der Waals surface area contributed by atoms with Crippen molar-refractivity contribution in [3.8, 4) is 11.5 Å². The molecule has 0 atom stereocenters. The molecule has 0 unspecified atom stereocenters. The summed E-state index contributed by atoms with van der Waals surface area (Å²) >= 11 is 0. The van der Waals surface area contributed by atoms with Crippen molar-refractivity contribution in [1.29, 1.82) is 0 Å². The maximum absolute atomic E-state index is 12.9. The zero-order chi connectivity index (χ0) is 20.4. The van der Waals surface area contributed by atoms with E-state index in [1.54, 1.807) is 32.4 Å². The zero-order valence-corrected chi connectivity index (χ0v) is 16.5. The Kier molecular flexibility index (Phi) is 5.12. The van der Waals surface area contributed by atoms with Crippen LogP contribution in [-0.4, -0.2) is 56.2 Å². The van der Waals surface area contributed by atoms with E-state index in [4.69, 9.17) is 9.47 Å². The Balaban J connectivity index is 1.46. The van der Waals surface area contributed by atoms with Gasteiger partial charge in [-0.25, -0.2) is 0 Å². The Labute approximate surface area is 168 Å². The molecule has 1 N–H and O–H groups in total. The quantitative estimate of drug-likeness (QED) is 0.737. The van der Waals surface area contributed by atoms with Crippen molar-refractivity contribution in [2.24, 2.45) is 0 Å². The second-order valence-electron chi connectivity index (χ2n) is 6.94. The average molecular weight is 393 g/mol. The smallest absolute Gasteiger partial charge is 0.254 e. The first-order valence-corrected chi connectivity index (χ1v) is 9.48. The van der Waals surface area contributed by atoms with Crippen LogP contribution in [0.2, 0.25) is 0 Å². The van der Waals surface area contributed by atoms with Gasteiger partial charge in [-0.1, -0.05) is 0 Å².